The smallest absolute Gasteiger partial charge is 0.194 e. The molecule has 3 nitrogen and oxygen atoms in total. The third-order valence-corrected chi connectivity index (χ3v) is 4.07. The van der Waals surface area contributed by atoms with E-state index in [2.05, 4.69) is 53.1 Å². The average molecular weight is 337 g/mol. The number of hydrogen-bond donors (Lipinski definition) is 1. The van der Waals surface area contributed by atoms with Crippen LogP contribution in [0.2, 0.25) is 0 Å². The lowest BCUT2D eigenvalue weighted by Crippen LogP contribution is -2.23. The first-order valence-electron chi connectivity index (χ1n) is 7.01. The highest BCUT2D eigenvalue weighted by Gasteiger charge is 2.10. The van der Waals surface area contributed by atoms with E-state index in [-0.39, 0.29) is 0 Å². The van der Waals surface area contributed by atoms with Gasteiger partial charge in [-0.15, -0.1) is 0 Å². The molecule has 0 saturated carbocycles. The van der Waals surface area contributed by atoms with Crippen LogP contribution < -0.4 is 5.32 Å². The van der Waals surface area contributed by atoms with Gasteiger partial charge < -0.3 is 9.73 Å². The fourth-order valence-corrected chi connectivity index (χ4v) is 2.42. The van der Waals surface area contributed by atoms with E-state index in [9.17, 15) is 0 Å². The molecule has 20 heavy (non-hydrogen) atoms. The standard InChI is InChI=1S/C16H21BrN2O/c1-11(2)18-9-5-8-16-19-10-15(20-16)13-6-4-7-14(17)12(13)3/h4,6-7,10-11,18H,5,8-9H2,1-3H3. The number of rotatable bonds is 6. The Hall–Kier alpha value is -1.13. The molecular weight excluding hydrogens is 316 g/mol. The Kier molecular flexibility index (Phi) is 5.38. The quantitative estimate of drug-likeness (QED) is 0.797. The summed E-state index contributed by atoms with van der Waals surface area (Å²) in [6, 6.07) is 6.64. The van der Waals surface area contributed by atoms with Crippen molar-refractivity contribution in [3.63, 3.8) is 0 Å². The number of aromatic nitrogens is 1. The van der Waals surface area contributed by atoms with Gasteiger partial charge in [-0.25, -0.2) is 4.98 Å². The van der Waals surface area contributed by atoms with Crippen LogP contribution in [0.3, 0.4) is 0 Å². The highest BCUT2D eigenvalue weighted by atomic mass is 79.9. The van der Waals surface area contributed by atoms with Gasteiger partial charge in [0.1, 0.15) is 0 Å². The Morgan fingerprint density at radius 3 is 2.90 bits per heavy atom. The van der Waals surface area contributed by atoms with Crippen LogP contribution in [0.5, 0.6) is 0 Å². The van der Waals surface area contributed by atoms with Gasteiger partial charge in [0, 0.05) is 22.5 Å². The molecule has 1 heterocycles. The molecule has 2 rings (SSSR count). The van der Waals surface area contributed by atoms with Crippen molar-refractivity contribution in [2.75, 3.05) is 6.54 Å². The van der Waals surface area contributed by atoms with Gasteiger partial charge in [-0.05, 0) is 31.5 Å². The molecule has 0 fully saturated rings. The third-order valence-electron chi connectivity index (χ3n) is 3.21. The van der Waals surface area contributed by atoms with Crippen molar-refractivity contribution in [3.8, 4) is 11.3 Å². The Morgan fingerprint density at radius 1 is 1.35 bits per heavy atom. The van der Waals surface area contributed by atoms with E-state index in [1.807, 2.05) is 18.3 Å². The summed E-state index contributed by atoms with van der Waals surface area (Å²) in [6.45, 7) is 7.37. The van der Waals surface area contributed by atoms with Crippen LogP contribution in [0.1, 0.15) is 31.7 Å². The molecule has 0 bridgehead atoms. The molecule has 1 aromatic heterocycles. The maximum Gasteiger partial charge on any atom is 0.194 e. The predicted octanol–water partition coefficient (Wildman–Crippen LogP) is 4.34. The van der Waals surface area contributed by atoms with E-state index in [0.717, 1.165) is 41.1 Å². The molecule has 108 valence electrons. The van der Waals surface area contributed by atoms with E-state index >= 15 is 0 Å². The van der Waals surface area contributed by atoms with Gasteiger partial charge in [-0.3, -0.25) is 0 Å². The van der Waals surface area contributed by atoms with Gasteiger partial charge in [-0.2, -0.15) is 0 Å². The highest BCUT2D eigenvalue weighted by Crippen LogP contribution is 2.29. The number of hydrogen-bond acceptors (Lipinski definition) is 3. The number of nitrogens with one attached hydrogen (secondary N) is 1. The first-order valence-corrected chi connectivity index (χ1v) is 7.81. The maximum absolute atomic E-state index is 5.85. The number of nitrogens with zero attached hydrogens (tertiary/aromatic N) is 1. The predicted molar refractivity (Wildman–Crippen MR) is 85.8 cm³/mol. The van der Waals surface area contributed by atoms with Gasteiger partial charge in [-0.1, -0.05) is 41.9 Å². The van der Waals surface area contributed by atoms with E-state index in [0.29, 0.717) is 6.04 Å². The molecule has 1 aromatic carbocycles. The summed E-state index contributed by atoms with van der Waals surface area (Å²) in [7, 11) is 0. The SMILES string of the molecule is Cc1c(Br)cccc1-c1cnc(CCCNC(C)C)o1. The van der Waals surface area contributed by atoms with E-state index in [4.69, 9.17) is 4.42 Å². The first-order chi connectivity index (χ1) is 9.58. The Morgan fingerprint density at radius 2 is 2.15 bits per heavy atom. The van der Waals surface area contributed by atoms with Gasteiger partial charge in [0.05, 0.1) is 6.20 Å². The van der Waals surface area contributed by atoms with Gasteiger partial charge >= 0.3 is 0 Å². The van der Waals surface area contributed by atoms with E-state index < -0.39 is 0 Å². The minimum Gasteiger partial charge on any atom is -0.441 e. The van der Waals surface area contributed by atoms with Crippen LogP contribution in [0.25, 0.3) is 11.3 Å². The maximum atomic E-state index is 5.85. The molecule has 0 unspecified atom stereocenters. The molecule has 4 heteroatoms. The number of aryl methyl sites for hydroxylation is 1. The zero-order valence-corrected chi connectivity index (χ0v) is 13.8. The topological polar surface area (TPSA) is 38.1 Å². The van der Waals surface area contributed by atoms with E-state index in [1.165, 1.54) is 5.56 Å². The summed E-state index contributed by atoms with van der Waals surface area (Å²) in [5, 5.41) is 3.40. The molecule has 0 spiro atoms. The second kappa shape index (κ2) is 7.04. The molecule has 0 aliphatic heterocycles. The minimum absolute atomic E-state index is 0.527. The summed E-state index contributed by atoms with van der Waals surface area (Å²) >= 11 is 3.54. The number of benzene rings is 1. The van der Waals surface area contributed by atoms with Gasteiger partial charge in [0.25, 0.3) is 0 Å². The lowest BCUT2D eigenvalue weighted by molar-refractivity contribution is 0.484. The van der Waals surface area contributed by atoms with Crippen molar-refractivity contribution in [3.05, 3.63) is 40.3 Å². The largest absolute Gasteiger partial charge is 0.441 e. The van der Waals surface area contributed by atoms with Crippen LogP contribution in [-0.4, -0.2) is 17.6 Å². The molecule has 2 aromatic rings. The Balaban J connectivity index is 2.00. The molecule has 0 saturated heterocycles. The molecule has 0 aliphatic carbocycles. The van der Waals surface area contributed by atoms with Crippen LogP contribution in [-0.2, 0) is 6.42 Å². The van der Waals surface area contributed by atoms with Crippen molar-refractivity contribution in [2.45, 2.75) is 39.7 Å². The molecule has 0 radical (unpaired) electrons. The van der Waals surface area contributed by atoms with Gasteiger partial charge in [0.15, 0.2) is 11.7 Å². The Labute approximate surface area is 128 Å². The molecule has 1 N–H and O–H groups in total. The molecule has 0 atom stereocenters. The summed E-state index contributed by atoms with van der Waals surface area (Å²) in [4.78, 5) is 4.37. The molecular formula is C16H21BrN2O. The minimum atomic E-state index is 0.527. The lowest BCUT2D eigenvalue weighted by Gasteiger charge is -2.06. The summed E-state index contributed by atoms with van der Waals surface area (Å²) in [5.41, 5.74) is 2.27. The fourth-order valence-electron chi connectivity index (χ4n) is 2.06. The number of oxazole rings is 1. The van der Waals surface area contributed by atoms with Crippen molar-refractivity contribution < 1.29 is 4.42 Å². The Bertz CT molecular complexity index is 563. The monoisotopic (exact) mass is 336 g/mol. The third kappa shape index (κ3) is 3.93. The van der Waals surface area contributed by atoms with E-state index in [1.54, 1.807) is 0 Å². The van der Waals surface area contributed by atoms with Crippen molar-refractivity contribution in [1.29, 1.82) is 0 Å². The first kappa shape index (κ1) is 15.3. The van der Waals surface area contributed by atoms with Crippen molar-refractivity contribution >= 4 is 15.9 Å². The lowest BCUT2D eigenvalue weighted by atomic mass is 10.1. The molecule has 0 amide bonds. The van der Waals surface area contributed by atoms with Crippen molar-refractivity contribution in [1.82, 2.24) is 10.3 Å². The van der Waals surface area contributed by atoms with Crippen LogP contribution in [0, 0.1) is 6.92 Å². The average Bonchev–Trinajstić information content (AvgIpc) is 2.86. The van der Waals surface area contributed by atoms with Crippen LogP contribution in [0.15, 0.2) is 33.3 Å². The van der Waals surface area contributed by atoms with Crippen LogP contribution >= 0.6 is 15.9 Å². The highest BCUT2D eigenvalue weighted by molar-refractivity contribution is 9.10. The molecule has 0 aliphatic rings. The summed E-state index contributed by atoms with van der Waals surface area (Å²) < 4.78 is 6.94. The number of halogens is 1. The zero-order chi connectivity index (χ0) is 14.5. The summed E-state index contributed by atoms with van der Waals surface area (Å²) in [6.07, 6.45) is 3.72. The summed E-state index contributed by atoms with van der Waals surface area (Å²) in [5.74, 6) is 1.65. The normalized spacial score (nSPS) is 11.2. The van der Waals surface area contributed by atoms with Crippen LogP contribution in [0.4, 0.5) is 0 Å². The van der Waals surface area contributed by atoms with Crippen molar-refractivity contribution in [2.24, 2.45) is 0 Å². The second-order valence-electron chi connectivity index (χ2n) is 5.24. The zero-order valence-electron chi connectivity index (χ0n) is 12.2. The fraction of sp³-hybridized carbons (Fsp3) is 0.438. The second-order valence-corrected chi connectivity index (χ2v) is 6.10. The van der Waals surface area contributed by atoms with Gasteiger partial charge in [0.2, 0.25) is 0 Å².